The van der Waals surface area contributed by atoms with Crippen LogP contribution in [-0.2, 0) is 16.1 Å². The van der Waals surface area contributed by atoms with E-state index in [1.165, 1.54) is 0 Å². The number of carbonyl (C=O) groups is 1. The Balaban J connectivity index is 1.57. The summed E-state index contributed by atoms with van der Waals surface area (Å²) in [7, 11) is 1.68. The molecule has 0 heterocycles. The number of carbonyl (C=O) groups excluding carboxylic acids is 1. The molecule has 1 amide bonds. The molecule has 0 bridgehead atoms. The molecule has 1 N–H and O–H groups in total. The third-order valence-corrected chi connectivity index (χ3v) is 5.21. The van der Waals surface area contributed by atoms with Gasteiger partial charge in [0.05, 0.1) is 11.1 Å². The summed E-state index contributed by atoms with van der Waals surface area (Å²) in [6.07, 6.45) is 7.04. The van der Waals surface area contributed by atoms with Crippen molar-refractivity contribution in [3.8, 4) is 5.75 Å². The summed E-state index contributed by atoms with van der Waals surface area (Å²) in [6, 6.07) is 15.6. The molecule has 1 aliphatic carbocycles. The lowest BCUT2D eigenvalue weighted by Crippen LogP contribution is -2.25. The lowest BCUT2D eigenvalue weighted by molar-refractivity contribution is -0.120. The van der Waals surface area contributed by atoms with Crippen molar-refractivity contribution in [3.05, 3.63) is 88.6 Å². The van der Waals surface area contributed by atoms with Crippen LogP contribution in [0.25, 0.3) is 0 Å². The van der Waals surface area contributed by atoms with E-state index in [4.69, 9.17) is 21.1 Å². The molecule has 1 aliphatic rings. The van der Waals surface area contributed by atoms with E-state index < -0.39 is 0 Å². The summed E-state index contributed by atoms with van der Waals surface area (Å²) >= 11 is 6.30. The fourth-order valence-corrected chi connectivity index (χ4v) is 3.32. The van der Waals surface area contributed by atoms with Crippen molar-refractivity contribution < 1.29 is 14.3 Å². The first-order chi connectivity index (χ1) is 14.0. The van der Waals surface area contributed by atoms with E-state index in [0.717, 1.165) is 23.2 Å². The van der Waals surface area contributed by atoms with Gasteiger partial charge in [0.1, 0.15) is 12.4 Å². The molecule has 0 fully saturated rings. The monoisotopic (exact) mass is 411 g/mol. The van der Waals surface area contributed by atoms with Crippen molar-refractivity contribution in [2.75, 3.05) is 7.11 Å². The molecule has 5 heteroatoms. The smallest absolute Gasteiger partial charge is 0.224 e. The lowest BCUT2D eigenvalue weighted by Gasteiger charge is -2.17. The van der Waals surface area contributed by atoms with E-state index in [9.17, 15) is 4.79 Å². The molecule has 29 heavy (non-hydrogen) atoms. The van der Waals surface area contributed by atoms with Crippen LogP contribution in [0.15, 0.2) is 72.5 Å². The van der Waals surface area contributed by atoms with Gasteiger partial charge < -0.3 is 14.8 Å². The van der Waals surface area contributed by atoms with Gasteiger partial charge in [-0.2, -0.15) is 0 Å². The maximum absolute atomic E-state index is 12.4. The van der Waals surface area contributed by atoms with E-state index in [1.807, 2.05) is 73.7 Å². The predicted octanol–water partition coefficient (Wildman–Crippen LogP) is 5.39. The molecule has 2 aromatic carbocycles. The standard InChI is InChI=1S/C24H26ClNO3/c1-17(14-24(27)26-20-9-11-21(28-2)12-10-20)19-8-13-22(25)23(15-19)29-16-18-6-4-3-5-7-18/h3-11,13,15,17,21H,12,14,16H2,1-2H3,(H,26,27). The predicted molar refractivity (Wildman–Crippen MR) is 116 cm³/mol. The van der Waals surface area contributed by atoms with E-state index in [1.54, 1.807) is 7.11 Å². The van der Waals surface area contributed by atoms with Crippen molar-refractivity contribution >= 4 is 17.5 Å². The molecule has 3 rings (SSSR count). The number of hydrogen-bond acceptors (Lipinski definition) is 3. The van der Waals surface area contributed by atoms with Crippen LogP contribution in [0, 0.1) is 0 Å². The summed E-state index contributed by atoms with van der Waals surface area (Å²) in [4.78, 5) is 12.4. The number of halogens is 1. The Bertz CT molecular complexity index is 892. The normalized spacial score (nSPS) is 16.8. The van der Waals surface area contributed by atoms with E-state index in [-0.39, 0.29) is 17.9 Å². The van der Waals surface area contributed by atoms with Crippen LogP contribution >= 0.6 is 11.6 Å². The van der Waals surface area contributed by atoms with Crippen molar-refractivity contribution in [2.24, 2.45) is 0 Å². The van der Waals surface area contributed by atoms with Gasteiger partial charge in [0, 0.05) is 19.2 Å². The van der Waals surface area contributed by atoms with Crippen molar-refractivity contribution in [2.45, 2.75) is 38.4 Å². The zero-order chi connectivity index (χ0) is 20.6. The van der Waals surface area contributed by atoms with Gasteiger partial charge in [-0.05, 0) is 41.7 Å². The number of nitrogens with one attached hydrogen (secondary N) is 1. The first kappa shape index (κ1) is 21.2. The summed E-state index contributed by atoms with van der Waals surface area (Å²) in [5.41, 5.74) is 2.91. The van der Waals surface area contributed by atoms with Crippen LogP contribution in [0.5, 0.6) is 5.75 Å². The number of amides is 1. The van der Waals surface area contributed by atoms with Crippen LogP contribution in [0.1, 0.15) is 36.8 Å². The fourth-order valence-electron chi connectivity index (χ4n) is 3.15. The highest BCUT2D eigenvalue weighted by molar-refractivity contribution is 6.32. The molecule has 2 aromatic rings. The Morgan fingerprint density at radius 1 is 1.24 bits per heavy atom. The summed E-state index contributed by atoms with van der Waals surface area (Å²) in [5.74, 6) is 0.640. The zero-order valence-electron chi connectivity index (χ0n) is 16.7. The van der Waals surface area contributed by atoms with Gasteiger partial charge in [0.15, 0.2) is 0 Å². The Hall–Kier alpha value is -2.56. The Morgan fingerprint density at radius 2 is 2.03 bits per heavy atom. The highest BCUT2D eigenvalue weighted by Crippen LogP contribution is 2.30. The number of ether oxygens (including phenoxy) is 2. The van der Waals surface area contributed by atoms with Gasteiger partial charge in [0.2, 0.25) is 5.91 Å². The second-order valence-electron chi connectivity index (χ2n) is 7.15. The number of benzene rings is 2. The van der Waals surface area contributed by atoms with Gasteiger partial charge in [0.25, 0.3) is 0 Å². The van der Waals surface area contributed by atoms with Crippen molar-refractivity contribution in [1.82, 2.24) is 5.32 Å². The second kappa shape index (κ2) is 10.3. The molecule has 0 aromatic heterocycles. The van der Waals surface area contributed by atoms with Crippen molar-refractivity contribution in [1.29, 1.82) is 0 Å². The van der Waals surface area contributed by atoms with Crippen LogP contribution in [0.2, 0.25) is 5.02 Å². The molecule has 2 unspecified atom stereocenters. The van der Waals surface area contributed by atoms with Gasteiger partial charge in [-0.15, -0.1) is 0 Å². The van der Waals surface area contributed by atoms with Gasteiger partial charge in [-0.3, -0.25) is 4.79 Å². The SMILES string of the molecule is COC1C=CC(NC(=O)CC(C)c2ccc(Cl)c(OCc3ccccc3)c2)=CC1. The maximum Gasteiger partial charge on any atom is 0.224 e. The minimum absolute atomic E-state index is 0.0222. The molecule has 0 aliphatic heterocycles. The number of allylic oxidation sites excluding steroid dienone is 1. The number of methoxy groups -OCH3 is 1. The first-order valence-corrected chi connectivity index (χ1v) is 10.1. The minimum atomic E-state index is -0.0222. The van der Waals surface area contributed by atoms with Gasteiger partial charge in [-0.1, -0.05) is 67.1 Å². The quantitative estimate of drug-likeness (QED) is 0.633. The van der Waals surface area contributed by atoms with E-state index in [2.05, 4.69) is 5.32 Å². The molecular formula is C24H26ClNO3. The van der Waals surface area contributed by atoms with Crippen molar-refractivity contribution in [3.63, 3.8) is 0 Å². The largest absolute Gasteiger partial charge is 0.487 e. The highest BCUT2D eigenvalue weighted by atomic mass is 35.5. The second-order valence-corrected chi connectivity index (χ2v) is 7.55. The molecule has 4 nitrogen and oxygen atoms in total. The molecule has 152 valence electrons. The molecule has 2 atom stereocenters. The summed E-state index contributed by atoms with van der Waals surface area (Å²) < 4.78 is 11.2. The lowest BCUT2D eigenvalue weighted by atomic mass is 9.97. The maximum atomic E-state index is 12.4. The van der Waals surface area contributed by atoms with Crippen LogP contribution in [-0.4, -0.2) is 19.1 Å². The van der Waals surface area contributed by atoms with Crippen LogP contribution in [0.4, 0.5) is 0 Å². The Morgan fingerprint density at radius 3 is 2.72 bits per heavy atom. The fraction of sp³-hybridized carbons (Fsp3) is 0.292. The molecule has 0 spiro atoms. The number of hydrogen-bond donors (Lipinski definition) is 1. The molecule has 0 saturated carbocycles. The average molecular weight is 412 g/mol. The molecular weight excluding hydrogens is 386 g/mol. The Labute approximate surface area is 177 Å². The third kappa shape index (κ3) is 6.21. The Kier molecular flexibility index (Phi) is 7.50. The molecule has 0 saturated heterocycles. The minimum Gasteiger partial charge on any atom is -0.487 e. The van der Waals surface area contributed by atoms with E-state index in [0.29, 0.717) is 23.8 Å². The van der Waals surface area contributed by atoms with E-state index >= 15 is 0 Å². The van der Waals surface area contributed by atoms with Crippen LogP contribution in [0.3, 0.4) is 0 Å². The average Bonchev–Trinajstić information content (AvgIpc) is 2.74. The topological polar surface area (TPSA) is 47.6 Å². The van der Waals surface area contributed by atoms with Gasteiger partial charge >= 0.3 is 0 Å². The molecule has 0 radical (unpaired) electrons. The zero-order valence-corrected chi connectivity index (χ0v) is 17.5. The summed E-state index contributed by atoms with van der Waals surface area (Å²) in [6.45, 7) is 2.47. The highest BCUT2D eigenvalue weighted by Gasteiger charge is 2.15. The first-order valence-electron chi connectivity index (χ1n) is 9.72. The van der Waals surface area contributed by atoms with Gasteiger partial charge in [-0.25, -0.2) is 0 Å². The summed E-state index contributed by atoms with van der Waals surface area (Å²) in [5, 5.41) is 3.52. The van der Waals surface area contributed by atoms with Crippen LogP contribution < -0.4 is 10.1 Å². The third-order valence-electron chi connectivity index (χ3n) is 4.90. The number of rotatable bonds is 8.